The molecule has 15 heteroatoms. The van der Waals surface area contributed by atoms with E-state index in [1.807, 2.05) is 0 Å². The highest BCUT2D eigenvalue weighted by atomic mass is 16.5. The van der Waals surface area contributed by atoms with Crippen LogP contribution in [0.5, 0.6) is 0 Å². The third kappa shape index (κ3) is 14.6. The third-order valence-corrected chi connectivity index (χ3v) is 6.25. The lowest BCUT2D eigenvalue weighted by molar-refractivity contribution is -0.142. The fourth-order valence-electron chi connectivity index (χ4n) is 3.84. The number of hydrogen-bond donors (Lipinski definition) is 4. The number of carbonyl (C=O) groups excluding carboxylic acids is 7. The van der Waals surface area contributed by atoms with Crippen molar-refractivity contribution in [1.82, 2.24) is 20.9 Å². The largest absolute Gasteiger partial charge is 0.461 e. The van der Waals surface area contributed by atoms with Crippen molar-refractivity contribution in [2.24, 2.45) is 5.92 Å². The Hall–Kier alpha value is -4.63. The molecule has 1 aliphatic heterocycles. The molecule has 6 amide bonds. The molecule has 1 atom stereocenters. The van der Waals surface area contributed by atoms with Crippen molar-refractivity contribution in [3.63, 3.8) is 0 Å². The van der Waals surface area contributed by atoms with E-state index in [2.05, 4.69) is 21.3 Å². The van der Waals surface area contributed by atoms with Crippen molar-refractivity contribution in [3.05, 3.63) is 42.0 Å². The van der Waals surface area contributed by atoms with Crippen LogP contribution in [-0.4, -0.2) is 98.4 Å². The fourth-order valence-corrected chi connectivity index (χ4v) is 3.84. The molecule has 0 spiro atoms. The Morgan fingerprint density at radius 3 is 2.07 bits per heavy atom. The summed E-state index contributed by atoms with van der Waals surface area (Å²) in [6.07, 6.45) is 2.33. The predicted molar refractivity (Wildman–Crippen MR) is 160 cm³/mol. The number of esters is 1. The van der Waals surface area contributed by atoms with Gasteiger partial charge in [-0.3, -0.25) is 38.5 Å². The molecule has 45 heavy (non-hydrogen) atoms. The zero-order valence-electron chi connectivity index (χ0n) is 25.7. The van der Waals surface area contributed by atoms with Gasteiger partial charge < -0.3 is 35.5 Å². The van der Waals surface area contributed by atoms with Crippen LogP contribution in [-0.2, 0) is 54.4 Å². The molecule has 1 aromatic carbocycles. The average Bonchev–Trinajstić information content (AvgIpc) is 3.32. The second-order valence-electron chi connectivity index (χ2n) is 10.3. The monoisotopic (exact) mass is 631 g/mol. The van der Waals surface area contributed by atoms with Gasteiger partial charge in [0.15, 0.2) is 0 Å². The van der Waals surface area contributed by atoms with E-state index in [0.29, 0.717) is 5.69 Å². The van der Waals surface area contributed by atoms with E-state index in [1.54, 1.807) is 38.1 Å². The molecule has 0 saturated heterocycles. The smallest absolute Gasteiger partial charge is 0.302 e. The minimum absolute atomic E-state index is 0.00385. The summed E-state index contributed by atoms with van der Waals surface area (Å²) in [6.45, 7) is 5.72. The van der Waals surface area contributed by atoms with Crippen LogP contribution >= 0.6 is 0 Å². The van der Waals surface area contributed by atoms with Crippen LogP contribution in [0.2, 0.25) is 0 Å². The van der Waals surface area contributed by atoms with E-state index < -0.39 is 35.6 Å². The molecule has 1 aliphatic rings. The lowest BCUT2D eigenvalue weighted by Crippen LogP contribution is -2.51. The molecule has 1 unspecified atom stereocenters. The molecule has 1 aromatic rings. The number of amides is 6. The molecule has 1 heterocycles. The topological polar surface area (TPSA) is 199 Å². The first-order chi connectivity index (χ1) is 21.5. The van der Waals surface area contributed by atoms with Gasteiger partial charge >= 0.3 is 5.97 Å². The Labute approximate surface area is 261 Å². The summed E-state index contributed by atoms with van der Waals surface area (Å²) in [7, 11) is 0. The molecule has 2 rings (SSSR count). The van der Waals surface area contributed by atoms with E-state index in [9.17, 15) is 33.6 Å². The first-order valence-electron chi connectivity index (χ1n) is 14.5. The summed E-state index contributed by atoms with van der Waals surface area (Å²) in [5, 5.41) is 10.5. The number of nitrogens with one attached hydrogen (secondary N) is 4. The molecule has 246 valence electrons. The summed E-state index contributed by atoms with van der Waals surface area (Å²) < 4.78 is 15.7. The first-order valence-corrected chi connectivity index (χ1v) is 14.5. The molecule has 0 bridgehead atoms. The van der Waals surface area contributed by atoms with Crippen LogP contribution in [0.4, 0.5) is 5.69 Å². The Bertz CT molecular complexity index is 1210. The number of nitrogens with zero attached hydrogens (tertiary/aromatic N) is 1. The summed E-state index contributed by atoms with van der Waals surface area (Å²) >= 11 is 0. The lowest BCUT2D eigenvalue weighted by atomic mass is 10.0. The zero-order chi connectivity index (χ0) is 33.2. The first kappa shape index (κ1) is 36.6. The van der Waals surface area contributed by atoms with Crippen LogP contribution in [0.25, 0.3) is 0 Å². The van der Waals surface area contributed by atoms with Crippen LogP contribution in [0, 0.1) is 5.92 Å². The molecular formula is C30H41N5O10. The SMILES string of the molecule is CC(=O)OCc1ccc(NC(=O)CNC(=O)C(NC(=O)CCOCCOCCNC(=O)CCN2C(=O)C=CC2=O)C(C)C)cc1. The standard InChI is InChI=1S/C30H41N5O10/c1-20(2)29(30(42)32-18-26(39)33-23-6-4-22(5-7-23)19-45-21(3)36)34-25(38)11-14-43-16-17-44-15-12-31-24(37)10-13-35-27(40)8-9-28(35)41/h4-9,20,29H,10-19H2,1-3H3,(H,31,37)(H,32,42)(H,33,39)(H,34,38). The molecular weight excluding hydrogens is 590 g/mol. The molecule has 0 aromatic heterocycles. The van der Waals surface area contributed by atoms with Crippen LogP contribution in [0.1, 0.15) is 39.2 Å². The maximum atomic E-state index is 12.7. The van der Waals surface area contributed by atoms with E-state index in [0.717, 1.165) is 22.6 Å². The Morgan fingerprint density at radius 1 is 0.800 bits per heavy atom. The maximum absolute atomic E-state index is 12.7. The number of carbonyl (C=O) groups is 7. The molecule has 0 saturated carbocycles. The Morgan fingerprint density at radius 2 is 1.44 bits per heavy atom. The van der Waals surface area contributed by atoms with E-state index in [-0.39, 0.29) is 83.2 Å². The number of hydrogen-bond acceptors (Lipinski definition) is 10. The second kappa shape index (κ2) is 19.6. The normalized spacial score (nSPS) is 13.0. The zero-order valence-corrected chi connectivity index (χ0v) is 25.7. The summed E-state index contributed by atoms with van der Waals surface area (Å²) in [6, 6.07) is 5.86. The molecule has 0 fully saturated rings. The van der Waals surface area contributed by atoms with Crippen molar-refractivity contribution in [2.45, 2.75) is 46.3 Å². The highest BCUT2D eigenvalue weighted by molar-refractivity contribution is 6.13. The maximum Gasteiger partial charge on any atom is 0.302 e. The van der Waals surface area contributed by atoms with Gasteiger partial charge in [-0.2, -0.15) is 0 Å². The molecule has 4 N–H and O–H groups in total. The minimum Gasteiger partial charge on any atom is -0.461 e. The average molecular weight is 632 g/mol. The van der Waals surface area contributed by atoms with Crippen molar-refractivity contribution >= 4 is 47.1 Å². The van der Waals surface area contributed by atoms with Gasteiger partial charge in [-0.15, -0.1) is 0 Å². The highest BCUT2D eigenvalue weighted by Crippen LogP contribution is 2.10. The summed E-state index contributed by atoms with van der Waals surface area (Å²) in [5.41, 5.74) is 1.26. The molecule has 0 radical (unpaired) electrons. The van der Waals surface area contributed by atoms with Gasteiger partial charge in [0.2, 0.25) is 23.6 Å². The van der Waals surface area contributed by atoms with Crippen LogP contribution in [0.15, 0.2) is 36.4 Å². The van der Waals surface area contributed by atoms with Gasteiger partial charge in [0, 0.05) is 50.7 Å². The van der Waals surface area contributed by atoms with Crippen molar-refractivity contribution < 1.29 is 47.8 Å². The molecule has 0 aliphatic carbocycles. The summed E-state index contributed by atoms with van der Waals surface area (Å²) in [5.74, 6) is -3.15. The van der Waals surface area contributed by atoms with Gasteiger partial charge in [0.1, 0.15) is 12.6 Å². The predicted octanol–water partition coefficient (Wildman–Crippen LogP) is -0.200. The highest BCUT2D eigenvalue weighted by Gasteiger charge is 2.25. The van der Waals surface area contributed by atoms with E-state index in [4.69, 9.17) is 14.2 Å². The van der Waals surface area contributed by atoms with Crippen LogP contribution < -0.4 is 21.3 Å². The number of ether oxygens (including phenoxy) is 3. The van der Waals surface area contributed by atoms with Crippen LogP contribution in [0.3, 0.4) is 0 Å². The number of rotatable bonds is 20. The summed E-state index contributed by atoms with van der Waals surface area (Å²) in [4.78, 5) is 84.0. The fraction of sp³-hybridized carbons (Fsp3) is 0.500. The van der Waals surface area contributed by atoms with Gasteiger partial charge in [-0.1, -0.05) is 26.0 Å². The van der Waals surface area contributed by atoms with Crippen molar-refractivity contribution in [1.29, 1.82) is 0 Å². The minimum atomic E-state index is -0.850. The number of imide groups is 1. The van der Waals surface area contributed by atoms with E-state index >= 15 is 0 Å². The Balaban J connectivity index is 1.54. The Kier molecular flexibility index (Phi) is 15.9. The quantitative estimate of drug-likeness (QED) is 0.0849. The van der Waals surface area contributed by atoms with Crippen molar-refractivity contribution in [3.8, 4) is 0 Å². The van der Waals surface area contributed by atoms with Gasteiger partial charge in [-0.05, 0) is 23.6 Å². The van der Waals surface area contributed by atoms with Crippen molar-refractivity contribution in [2.75, 3.05) is 51.4 Å². The third-order valence-electron chi connectivity index (χ3n) is 6.25. The van der Waals surface area contributed by atoms with E-state index in [1.165, 1.54) is 6.92 Å². The second-order valence-corrected chi connectivity index (χ2v) is 10.3. The number of anilines is 1. The van der Waals surface area contributed by atoms with Gasteiger partial charge in [0.05, 0.1) is 33.0 Å². The number of benzene rings is 1. The lowest BCUT2D eigenvalue weighted by Gasteiger charge is -2.21. The molecule has 15 nitrogen and oxygen atoms in total. The van der Waals surface area contributed by atoms with Gasteiger partial charge in [0.25, 0.3) is 11.8 Å². The van der Waals surface area contributed by atoms with Gasteiger partial charge in [-0.25, -0.2) is 0 Å².